The lowest BCUT2D eigenvalue weighted by Gasteiger charge is -2.11. The van der Waals surface area contributed by atoms with Gasteiger partial charge in [0.2, 0.25) is 0 Å². The van der Waals surface area contributed by atoms with Gasteiger partial charge in [-0.05, 0) is 19.4 Å². The second kappa shape index (κ2) is 5.36. The summed E-state index contributed by atoms with van der Waals surface area (Å²) in [6.07, 6.45) is 0.839. The molecule has 0 rings (SSSR count). The van der Waals surface area contributed by atoms with Crippen LogP contribution in [0.25, 0.3) is 0 Å². The van der Waals surface area contributed by atoms with Gasteiger partial charge in [0.05, 0.1) is 0 Å². The zero-order valence-corrected chi connectivity index (χ0v) is 6.62. The summed E-state index contributed by atoms with van der Waals surface area (Å²) in [5.41, 5.74) is 9.93. The van der Waals surface area contributed by atoms with E-state index in [-0.39, 0.29) is 0 Å². The summed E-state index contributed by atoms with van der Waals surface area (Å²) in [6.45, 7) is 0.393. The molecule has 0 heterocycles. The van der Waals surface area contributed by atoms with E-state index in [4.69, 9.17) is 16.6 Å². The third-order valence-corrected chi connectivity index (χ3v) is 1.31. The number of carboxylic acids is 1. The van der Waals surface area contributed by atoms with Gasteiger partial charge in [-0.2, -0.15) is 0 Å². The van der Waals surface area contributed by atoms with Gasteiger partial charge in [0, 0.05) is 0 Å². The Kier molecular flexibility index (Phi) is 4.78. The first-order valence-electron chi connectivity index (χ1n) is 3.56. The highest BCUT2D eigenvalue weighted by atomic mass is 16.4. The molecule has 0 aromatic rings. The normalized spacial score (nSPS) is 12.1. The van der Waals surface area contributed by atoms with Crippen molar-refractivity contribution in [2.45, 2.75) is 18.9 Å². The molecule has 0 aliphatic carbocycles. The largest absolute Gasteiger partial charge is 0.480 e. The maximum atomic E-state index is 10.4. The second-order valence-electron chi connectivity index (χ2n) is 2.33. The molecular weight excluding hydrogens is 162 g/mol. The molecule has 0 saturated heterocycles. The summed E-state index contributed by atoms with van der Waals surface area (Å²) in [4.78, 5) is 20.7. The van der Waals surface area contributed by atoms with Crippen molar-refractivity contribution in [2.24, 2.45) is 11.5 Å². The number of hydrogen-bond acceptors (Lipinski definition) is 3. The molecule has 2 amide bonds. The van der Waals surface area contributed by atoms with E-state index in [2.05, 4.69) is 5.32 Å². The SMILES string of the molecule is NCCCC(NC(N)=O)C(=O)O. The number of nitrogens with two attached hydrogens (primary N) is 2. The van der Waals surface area contributed by atoms with E-state index in [0.29, 0.717) is 19.4 Å². The third kappa shape index (κ3) is 4.51. The minimum atomic E-state index is -1.10. The van der Waals surface area contributed by atoms with Crippen LogP contribution in [-0.2, 0) is 4.79 Å². The van der Waals surface area contributed by atoms with Crippen LogP contribution in [0.3, 0.4) is 0 Å². The predicted molar refractivity (Wildman–Crippen MR) is 42.4 cm³/mol. The first kappa shape index (κ1) is 10.7. The average Bonchev–Trinajstić information content (AvgIpc) is 1.96. The fourth-order valence-electron chi connectivity index (χ4n) is 0.751. The summed E-state index contributed by atoms with van der Waals surface area (Å²) in [5.74, 6) is -1.10. The van der Waals surface area contributed by atoms with Crippen LogP contribution >= 0.6 is 0 Å². The standard InChI is InChI=1S/C6H13N3O3/c7-3-1-2-4(5(10)11)9-6(8)12/h4H,1-3,7H2,(H,10,11)(H3,8,9,12). The molecule has 12 heavy (non-hydrogen) atoms. The predicted octanol–water partition coefficient (Wildman–Crippen LogP) is -1.15. The molecule has 6 N–H and O–H groups in total. The van der Waals surface area contributed by atoms with Crippen molar-refractivity contribution >= 4 is 12.0 Å². The van der Waals surface area contributed by atoms with E-state index in [1.54, 1.807) is 0 Å². The number of carbonyl (C=O) groups excluding carboxylic acids is 1. The van der Waals surface area contributed by atoms with Gasteiger partial charge in [-0.25, -0.2) is 9.59 Å². The fraction of sp³-hybridized carbons (Fsp3) is 0.667. The van der Waals surface area contributed by atoms with E-state index < -0.39 is 18.0 Å². The number of urea groups is 1. The maximum Gasteiger partial charge on any atom is 0.326 e. The highest BCUT2D eigenvalue weighted by Gasteiger charge is 2.17. The molecule has 0 fully saturated rings. The summed E-state index contributed by atoms with van der Waals surface area (Å²) in [7, 11) is 0. The van der Waals surface area contributed by atoms with Crippen molar-refractivity contribution in [3.63, 3.8) is 0 Å². The first-order chi connectivity index (χ1) is 5.57. The molecule has 0 aromatic heterocycles. The minimum absolute atomic E-state index is 0.300. The number of hydrogen-bond donors (Lipinski definition) is 4. The van der Waals surface area contributed by atoms with Crippen LogP contribution in [0.15, 0.2) is 0 Å². The number of carbonyl (C=O) groups is 2. The van der Waals surface area contributed by atoms with Crippen molar-refractivity contribution in [2.75, 3.05) is 6.54 Å². The van der Waals surface area contributed by atoms with E-state index in [0.717, 1.165) is 0 Å². The molecule has 0 aromatic carbocycles. The van der Waals surface area contributed by atoms with Crippen LogP contribution < -0.4 is 16.8 Å². The van der Waals surface area contributed by atoms with Crippen LogP contribution in [0, 0.1) is 0 Å². The summed E-state index contributed by atoms with van der Waals surface area (Å²) in [5, 5.41) is 10.6. The third-order valence-electron chi connectivity index (χ3n) is 1.31. The zero-order valence-electron chi connectivity index (χ0n) is 6.62. The van der Waals surface area contributed by atoms with Gasteiger partial charge in [-0.1, -0.05) is 0 Å². The number of rotatable bonds is 5. The highest BCUT2D eigenvalue weighted by molar-refractivity contribution is 5.81. The van der Waals surface area contributed by atoms with Crippen molar-refractivity contribution in [1.82, 2.24) is 5.32 Å². The van der Waals surface area contributed by atoms with E-state index >= 15 is 0 Å². The Morgan fingerprint density at radius 3 is 2.42 bits per heavy atom. The Labute approximate surface area is 69.9 Å². The smallest absolute Gasteiger partial charge is 0.326 e. The molecule has 70 valence electrons. The topological polar surface area (TPSA) is 118 Å². The lowest BCUT2D eigenvalue weighted by atomic mass is 10.1. The van der Waals surface area contributed by atoms with Crippen molar-refractivity contribution in [3.05, 3.63) is 0 Å². The van der Waals surface area contributed by atoms with Crippen molar-refractivity contribution in [3.8, 4) is 0 Å². The molecule has 0 saturated carbocycles. The van der Waals surface area contributed by atoms with Gasteiger partial charge in [0.15, 0.2) is 0 Å². The fourth-order valence-corrected chi connectivity index (χ4v) is 0.751. The monoisotopic (exact) mass is 175 g/mol. The summed E-state index contributed by atoms with van der Waals surface area (Å²) < 4.78 is 0. The van der Waals surface area contributed by atoms with Crippen molar-refractivity contribution < 1.29 is 14.7 Å². The molecule has 6 heteroatoms. The van der Waals surface area contributed by atoms with Gasteiger partial charge in [-0.3, -0.25) is 0 Å². The van der Waals surface area contributed by atoms with E-state index in [1.807, 2.05) is 0 Å². The van der Waals surface area contributed by atoms with Crippen LogP contribution in [-0.4, -0.2) is 29.7 Å². The molecule has 0 radical (unpaired) electrons. The minimum Gasteiger partial charge on any atom is -0.480 e. The van der Waals surface area contributed by atoms with Gasteiger partial charge < -0.3 is 21.9 Å². The molecule has 1 unspecified atom stereocenters. The van der Waals surface area contributed by atoms with Crippen LogP contribution in [0.2, 0.25) is 0 Å². The lowest BCUT2D eigenvalue weighted by molar-refractivity contribution is -0.139. The molecule has 0 bridgehead atoms. The number of aliphatic carboxylic acids is 1. The van der Waals surface area contributed by atoms with Crippen LogP contribution in [0.5, 0.6) is 0 Å². The maximum absolute atomic E-state index is 10.4. The van der Waals surface area contributed by atoms with Gasteiger partial charge >= 0.3 is 12.0 Å². The number of primary amides is 1. The lowest BCUT2D eigenvalue weighted by Crippen LogP contribution is -2.43. The van der Waals surface area contributed by atoms with Gasteiger partial charge in [0.1, 0.15) is 6.04 Å². The average molecular weight is 175 g/mol. The Hall–Kier alpha value is -1.30. The molecule has 1 atom stereocenters. The van der Waals surface area contributed by atoms with Gasteiger partial charge in [0.25, 0.3) is 0 Å². The Balaban J connectivity index is 3.87. The van der Waals surface area contributed by atoms with Crippen LogP contribution in [0.1, 0.15) is 12.8 Å². The Bertz CT molecular complexity index is 171. The number of amides is 2. The molecule has 0 spiro atoms. The molecule has 0 aliphatic heterocycles. The zero-order chi connectivity index (χ0) is 9.56. The van der Waals surface area contributed by atoms with Crippen molar-refractivity contribution in [1.29, 1.82) is 0 Å². The molecular formula is C6H13N3O3. The number of nitrogens with one attached hydrogen (secondary N) is 1. The quantitative estimate of drug-likeness (QED) is 0.421. The van der Waals surface area contributed by atoms with Gasteiger partial charge in [-0.15, -0.1) is 0 Å². The molecule has 0 aliphatic rings. The number of carboxylic acid groups (broad SMARTS) is 1. The highest BCUT2D eigenvalue weighted by Crippen LogP contribution is 1.95. The summed E-state index contributed by atoms with van der Waals surface area (Å²) >= 11 is 0. The van der Waals surface area contributed by atoms with Crippen LogP contribution in [0.4, 0.5) is 4.79 Å². The Morgan fingerprint density at radius 2 is 2.08 bits per heavy atom. The van der Waals surface area contributed by atoms with E-state index in [1.165, 1.54) is 0 Å². The Morgan fingerprint density at radius 1 is 1.50 bits per heavy atom. The molecule has 6 nitrogen and oxygen atoms in total. The first-order valence-corrected chi connectivity index (χ1v) is 3.56. The van der Waals surface area contributed by atoms with E-state index in [9.17, 15) is 9.59 Å². The second-order valence-corrected chi connectivity index (χ2v) is 2.33. The summed E-state index contributed by atoms with van der Waals surface area (Å²) in [6, 6.07) is -1.76.